The van der Waals surface area contributed by atoms with E-state index in [-0.39, 0.29) is 12.5 Å². The number of aromatic nitrogens is 1. The number of para-hydroxylation sites is 2. The molecule has 112 valence electrons. The zero-order valence-corrected chi connectivity index (χ0v) is 12.4. The standard InChI is InChI=1S/C16H20N2O3/c1-11-7-12(2)9-17(8-11)15(19)10-18-13-5-3-4-6-14(13)21-16(18)20/h3-6,11-12H,7-10H2,1-2H3. The molecular weight excluding hydrogens is 268 g/mol. The maximum Gasteiger partial charge on any atom is 0.420 e. The highest BCUT2D eigenvalue weighted by molar-refractivity contribution is 5.79. The normalized spacial score (nSPS) is 22.7. The van der Waals surface area contributed by atoms with Gasteiger partial charge >= 0.3 is 5.76 Å². The molecule has 2 heterocycles. The summed E-state index contributed by atoms with van der Waals surface area (Å²) < 4.78 is 6.58. The lowest BCUT2D eigenvalue weighted by Crippen LogP contribution is -2.44. The maximum absolute atomic E-state index is 12.5. The highest BCUT2D eigenvalue weighted by atomic mass is 16.4. The Morgan fingerprint density at radius 2 is 1.90 bits per heavy atom. The van der Waals surface area contributed by atoms with E-state index >= 15 is 0 Å². The summed E-state index contributed by atoms with van der Waals surface area (Å²) in [4.78, 5) is 26.3. The summed E-state index contributed by atoms with van der Waals surface area (Å²) in [5.74, 6) is 0.538. The van der Waals surface area contributed by atoms with E-state index < -0.39 is 5.76 Å². The number of fused-ring (bicyclic) bond motifs is 1. The summed E-state index contributed by atoms with van der Waals surface area (Å²) in [5, 5.41) is 0. The van der Waals surface area contributed by atoms with Gasteiger partial charge in [-0.25, -0.2) is 4.79 Å². The van der Waals surface area contributed by atoms with Crippen molar-refractivity contribution in [2.24, 2.45) is 11.8 Å². The van der Waals surface area contributed by atoms with Crippen LogP contribution in [0.15, 0.2) is 33.5 Å². The van der Waals surface area contributed by atoms with Gasteiger partial charge in [-0.15, -0.1) is 0 Å². The molecule has 2 aromatic rings. The first kappa shape index (κ1) is 13.9. The van der Waals surface area contributed by atoms with Crippen molar-refractivity contribution in [3.63, 3.8) is 0 Å². The molecule has 0 saturated carbocycles. The minimum atomic E-state index is -0.470. The lowest BCUT2D eigenvalue weighted by Gasteiger charge is -2.35. The van der Waals surface area contributed by atoms with Crippen LogP contribution in [-0.4, -0.2) is 28.5 Å². The van der Waals surface area contributed by atoms with Gasteiger partial charge in [-0.1, -0.05) is 26.0 Å². The third-order valence-electron chi connectivity index (χ3n) is 4.09. The van der Waals surface area contributed by atoms with E-state index in [9.17, 15) is 9.59 Å². The van der Waals surface area contributed by atoms with Gasteiger partial charge in [0.05, 0.1) is 5.52 Å². The second-order valence-electron chi connectivity index (χ2n) is 6.17. The van der Waals surface area contributed by atoms with Crippen LogP contribution in [0.3, 0.4) is 0 Å². The van der Waals surface area contributed by atoms with Crippen molar-refractivity contribution in [3.05, 3.63) is 34.8 Å². The Hall–Kier alpha value is -2.04. The molecule has 0 radical (unpaired) electrons. The zero-order valence-electron chi connectivity index (χ0n) is 12.4. The molecule has 5 heteroatoms. The van der Waals surface area contributed by atoms with Crippen LogP contribution in [0, 0.1) is 11.8 Å². The molecule has 5 nitrogen and oxygen atoms in total. The van der Waals surface area contributed by atoms with Crippen LogP contribution in [0.25, 0.3) is 11.1 Å². The van der Waals surface area contributed by atoms with Gasteiger partial charge in [0, 0.05) is 13.1 Å². The minimum Gasteiger partial charge on any atom is -0.408 e. The fourth-order valence-corrected chi connectivity index (χ4v) is 3.27. The molecule has 1 fully saturated rings. The summed E-state index contributed by atoms with van der Waals surface area (Å²) in [5.41, 5.74) is 1.20. The first-order valence-corrected chi connectivity index (χ1v) is 7.40. The number of benzene rings is 1. The van der Waals surface area contributed by atoms with Gasteiger partial charge in [0.25, 0.3) is 0 Å². The minimum absolute atomic E-state index is 0.0120. The molecule has 0 spiro atoms. The molecule has 0 bridgehead atoms. The molecule has 21 heavy (non-hydrogen) atoms. The summed E-state index contributed by atoms with van der Waals surface area (Å²) in [7, 11) is 0. The lowest BCUT2D eigenvalue weighted by molar-refractivity contribution is -0.134. The van der Waals surface area contributed by atoms with E-state index in [0.717, 1.165) is 19.5 Å². The van der Waals surface area contributed by atoms with E-state index in [1.807, 2.05) is 17.0 Å². The number of carbonyl (C=O) groups excluding carboxylic acids is 1. The largest absolute Gasteiger partial charge is 0.420 e. The van der Waals surface area contributed by atoms with Gasteiger partial charge in [-0.05, 0) is 30.4 Å². The van der Waals surface area contributed by atoms with Crippen molar-refractivity contribution < 1.29 is 9.21 Å². The number of hydrogen-bond donors (Lipinski definition) is 0. The molecule has 1 aliphatic heterocycles. The Labute approximate surface area is 123 Å². The van der Waals surface area contributed by atoms with Crippen LogP contribution >= 0.6 is 0 Å². The highest BCUT2D eigenvalue weighted by Gasteiger charge is 2.26. The molecule has 1 aromatic heterocycles. The Morgan fingerprint density at radius 3 is 2.62 bits per heavy atom. The van der Waals surface area contributed by atoms with Crippen molar-refractivity contribution in [1.29, 1.82) is 0 Å². The van der Waals surface area contributed by atoms with Crippen molar-refractivity contribution in [3.8, 4) is 0 Å². The third kappa shape index (κ3) is 2.73. The number of rotatable bonds is 2. The summed E-state index contributed by atoms with van der Waals surface area (Å²) in [6.07, 6.45) is 1.15. The number of carbonyl (C=O) groups is 1. The van der Waals surface area contributed by atoms with Crippen molar-refractivity contribution in [2.75, 3.05) is 13.1 Å². The average molecular weight is 288 g/mol. The third-order valence-corrected chi connectivity index (χ3v) is 4.09. The fraction of sp³-hybridized carbons (Fsp3) is 0.500. The molecule has 1 amide bonds. The highest BCUT2D eigenvalue weighted by Crippen LogP contribution is 2.21. The van der Waals surface area contributed by atoms with E-state index in [1.165, 1.54) is 4.57 Å². The Kier molecular flexibility index (Phi) is 3.57. The summed E-state index contributed by atoms with van der Waals surface area (Å²) in [6, 6.07) is 7.19. The topological polar surface area (TPSA) is 55.5 Å². The number of piperidine rings is 1. The molecule has 0 aliphatic carbocycles. The van der Waals surface area contributed by atoms with Crippen LogP contribution in [0.2, 0.25) is 0 Å². The number of hydrogen-bond acceptors (Lipinski definition) is 3. The second-order valence-corrected chi connectivity index (χ2v) is 6.17. The molecular formula is C16H20N2O3. The maximum atomic E-state index is 12.5. The Bertz CT molecular complexity index is 706. The van der Waals surface area contributed by atoms with E-state index in [1.54, 1.807) is 12.1 Å². The summed E-state index contributed by atoms with van der Waals surface area (Å²) >= 11 is 0. The first-order chi connectivity index (χ1) is 10.0. The van der Waals surface area contributed by atoms with Gasteiger partial charge in [0.2, 0.25) is 5.91 Å². The summed E-state index contributed by atoms with van der Waals surface area (Å²) in [6.45, 7) is 5.92. The number of oxazole rings is 1. The smallest absolute Gasteiger partial charge is 0.408 e. The SMILES string of the molecule is CC1CC(C)CN(C(=O)Cn2c(=O)oc3ccccc32)C1. The van der Waals surface area contributed by atoms with Crippen LogP contribution in [0.5, 0.6) is 0 Å². The first-order valence-electron chi connectivity index (χ1n) is 7.40. The Morgan fingerprint density at radius 1 is 1.24 bits per heavy atom. The van der Waals surface area contributed by atoms with Crippen LogP contribution in [0.1, 0.15) is 20.3 Å². The average Bonchev–Trinajstić information content (AvgIpc) is 2.74. The fourth-order valence-electron chi connectivity index (χ4n) is 3.27. The Balaban J connectivity index is 1.83. The van der Waals surface area contributed by atoms with Gasteiger partial charge in [-0.3, -0.25) is 9.36 Å². The molecule has 2 unspecified atom stereocenters. The zero-order chi connectivity index (χ0) is 15.0. The van der Waals surface area contributed by atoms with Gasteiger partial charge < -0.3 is 9.32 Å². The van der Waals surface area contributed by atoms with Gasteiger partial charge in [0.1, 0.15) is 6.54 Å². The molecule has 1 aromatic carbocycles. The van der Waals surface area contributed by atoms with Crippen LogP contribution in [0.4, 0.5) is 0 Å². The van der Waals surface area contributed by atoms with Gasteiger partial charge in [-0.2, -0.15) is 0 Å². The second kappa shape index (κ2) is 5.39. The van der Waals surface area contributed by atoms with Crippen molar-refractivity contribution in [1.82, 2.24) is 9.47 Å². The van der Waals surface area contributed by atoms with E-state index in [4.69, 9.17) is 4.42 Å². The number of nitrogens with zero attached hydrogens (tertiary/aromatic N) is 2. The van der Waals surface area contributed by atoms with Crippen LogP contribution < -0.4 is 5.76 Å². The molecule has 2 atom stereocenters. The quantitative estimate of drug-likeness (QED) is 0.850. The van der Waals surface area contributed by atoms with Crippen molar-refractivity contribution >= 4 is 17.0 Å². The lowest BCUT2D eigenvalue weighted by atomic mass is 9.92. The molecule has 3 rings (SSSR count). The number of amides is 1. The van der Waals surface area contributed by atoms with Crippen molar-refractivity contribution in [2.45, 2.75) is 26.8 Å². The monoisotopic (exact) mass is 288 g/mol. The predicted octanol–water partition coefficient (Wildman–Crippen LogP) is 2.10. The van der Waals surface area contributed by atoms with E-state index in [2.05, 4.69) is 13.8 Å². The predicted molar refractivity (Wildman–Crippen MR) is 80.0 cm³/mol. The van der Waals surface area contributed by atoms with Crippen LogP contribution in [-0.2, 0) is 11.3 Å². The molecule has 1 aliphatic rings. The molecule has 1 saturated heterocycles. The molecule has 0 N–H and O–H groups in total. The van der Waals surface area contributed by atoms with E-state index in [0.29, 0.717) is 22.9 Å². The van der Waals surface area contributed by atoms with Gasteiger partial charge in [0.15, 0.2) is 5.58 Å². The number of likely N-dealkylation sites (tertiary alicyclic amines) is 1.